The predicted octanol–water partition coefficient (Wildman–Crippen LogP) is 7.77. The van der Waals surface area contributed by atoms with Crippen LogP contribution in [0.2, 0.25) is 0 Å². The van der Waals surface area contributed by atoms with Gasteiger partial charge in [0.25, 0.3) is 0 Å². The van der Waals surface area contributed by atoms with Crippen LogP contribution in [0.3, 0.4) is 0 Å². The van der Waals surface area contributed by atoms with Crippen molar-refractivity contribution >= 4 is 23.4 Å². The van der Waals surface area contributed by atoms with Gasteiger partial charge in [-0.1, -0.05) is 49.7 Å². The topological polar surface area (TPSA) is 119 Å². The Morgan fingerprint density at radius 3 is 2.49 bits per heavy atom. The number of hydrogen-bond acceptors (Lipinski definition) is 9. The first-order valence-corrected chi connectivity index (χ1v) is 19.1. The number of allylic oxidation sites excluding steroid dienone is 1. The van der Waals surface area contributed by atoms with E-state index < -0.39 is 29.4 Å². The van der Waals surface area contributed by atoms with E-state index in [4.69, 9.17) is 40.5 Å². The Morgan fingerprint density at radius 2 is 1.84 bits per heavy atom. The fourth-order valence-electron chi connectivity index (χ4n) is 7.91. The molecule has 1 amide bonds. The summed E-state index contributed by atoms with van der Waals surface area (Å²) in [7, 11) is 0. The monoisotopic (exact) mass is 730 g/mol. The highest BCUT2D eigenvalue weighted by molar-refractivity contribution is 6.18. The molecule has 1 saturated carbocycles. The van der Waals surface area contributed by atoms with Crippen LogP contribution in [-0.2, 0) is 14.3 Å². The largest absolute Gasteiger partial charge is 0.490 e. The quantitative estimate of drug-likeness (QED) is 0.0605. The second-order valence-electron chi connectivity index (χ2n) is 14.6. The molecule has 1 aromatic rings. The number of alkyl halides is 1. The maximum absolute atomic E-state index is 13.9. The fourth-order valence-corrected chi connectivity index (χ4v) is 7.99. The fraction of sp³-hybridized carbons (Fsp3) is 0.650. The van der Waals surface area contributed by atoms with Gasteiger partial charge in [-0.3, -0.25) is 4.90 Å². The molecule has 0 radical (unpaired) electrons. The molecule has 11 heteroatoms. The molecule has 10 nitrogen and oxygen atoms in total. The Bertz CT molecular complexity index is 1380. The molecule has 1 aromatic carbocycles. The SMILES string of the molecule is C=CCOc1ccc2c(c1)[C@H]1[C@H](CCCCO)[C@@H](CCCCO)C=C3C(=NOC(C)(C)C)C[C@H](N(CCC)C(=O)OCCCl)[C@@](OCC=C)(O2)[C@H]31. The van der Waals surface area contributed by atoms with Gasteiger partial charge in [0.1, 0.15) is 36.4 Å². The van der Waals surface area contributed by atoms with Gasteiger partial charge in [0.2, 0.25) is 5.79 Å². The van der Waals surface area contributed by atoms with E-state index in [-0.39, 0.29) is 50.1 Å². The molecule has 3 aliphatic rings. The van der Waals surface area contributed by atoms with E-state index in [0.29, 0.717) is 50.3 Å². The molecule has 1 fully saturated rings. The number of aliphatic hydroxyl groups excluding tert-OH is 2. The van der Waals surface area contributed by atoms with Crippen LogP contribution in [0.15, 0.2) is 60.3 Å². The molecule has 0 bridgehead atoms. The smallest absolute Gasteiger partial charge is 0.410 e. The van der Waals surface area contributed by atoms with E-state index in [1.165, 1.54) is 0 Å². The number of amides is 1. The lowest BCUT2D eigenvalue weighted by molar-refractivity contribution is -0.255. The van der Waals surface area contributed by atoms with Gasteiger partial charge >= 0.3 is 6.09 Å². The van der Waals surface area contributed by atoms with Crippen LogP contribution in [0.5, 0.6) is 11.5 Å². The average Bonchev–Trinajstić information content (AvgIpc) is 3.11. The summed E-state index contributed by atoms with van der Waals surface area (Å²) >= 11 is 5.97. The summed E-state index contributed by atoms with van der Waals surface area (Å²) in [4.78, 5) is 21.8. The number of nitrogens with zero attached hydrogens (tertiary/aromatic N) is 2. The van der Waals surface area contributed by atoms with Crippen LogP contribution in [-0.4, -0.2) is 89.8 Å². The van der Waals surface area contributed by atoms with Crippen molar-refractivity contribution in [1.29, 1.82) is 0 Å². The number of aliphatic hydroxyl groups is 2. The van der Waals surface area contributed by atoms with Gasteiger partial charge in [0.05, 0.1) is 24.1 Å². The Balaban J connectivity index is 2.05. The molecule has 1 heterocycles. The molecule has 6 atom stereocenters. The van der Waals surface area contributed by atoms with E-state index in [2.05, 4.69) is 25.3 Å². The van der Waals surface area contributed by atoms with Gasteiger partial charge in [0.15, 0.2) is 0 Å². The number of halogens is 1. The summed E-state index contributed by atoms with van der Waals surface area (Å²) in [5.41, 5.74) is 2.15. The summed E-state index contributed by atoms with van der Waals surface area (Å²) in [5, 5.41) is 24.4. The first kappa shape index (κ1) is 40.7. The van der Waals surface area contributed by atoms with Crippen molar-refractivity contribution < 1.29 is 38.8 Å². The van der Waals surface area contributed by atoms with E-state index in [1.54, 1.807) is 17.1 Å². The molecular formula is C40H59ClN2O8. The van der Waals surface area contributed by atoms with Crippen molar-refractivity contribution in [3.63, 3.8) is 0 Å². The number of oxime groups is 1. The van der Waals surface area contributed by atoms with Gasteiger partial charge in [-0.25, -0.2) is 4.79 Å². The number of ether oxygens (including phenoxy) is 4. The van der Waals surface area contributed by atoms with Crippen molar-refractivity contribution in [2.24, 2.45) is 22.9 Å². The van der Waals surface area contributed by atoms with Crippen LogP contribution >= 0.6 is 11.6 Å². The summed E-state index contributed by atoms with van der Waals surface area (Å²) in [6.45, 7) is 16.9. The highest BCUT2D eigenvalue weighted by atomic mass is 35.5. The zero-order chi connectivity index (χ0) is 37.0. The lowest BCUT2D eigenvalue weighted by Gasteiger charge is -2.60. The van der Waals surface area contributed by atoms with Crippen molar-refractivity contribution in [3.8, 4) is 11.5 Å². The molecule has 4 rings (SSSR count). The number of benzene rings is 1. The first-order chi connectivity index (χ1) is 24.6. The maximum Gasteiger partial charge on any atom is 0.410 e. The van der Waals surface area contributed by atoms with E-state index in [0.717, 1.165) is 42.5 Å². The lowest BCUT2D eigenvalue weighted by atomic mass is 9.55. The van der Waals surface area contributed by atoms with Gasteiger partial charge < -0.3 is 34.0 Å². The van der Waals surface area contributed by atoms with Crippen molar-refractivity contribution in [3.05, 3.63) is 60.7 Å². The Kier molecular flexibility index (Phi) is 15.3. The van der Waals surface area contributed by atoms with Crippen LogP contribution in [0, 0.1) is 17.8 Å². The van der Waals surface area contributed by atoms with Crippen molar-refractivity contribution in [2.45, 2.75) is 102 Å². The normalized spacial score (nSPS) is 25.9. The number of fused-ring (bicyclic) bond motifs is 2. The number of carbonyl (C=O) groups excluding carboxylic acids is 1. The zero-order valence-corrected chi connectivity index (χ0v) is 31.7. The number of rotatable bonds is 20. The standard InChI is InChI=1S/C40H59ClN2O8/c1-7-19-43(38(46)48-24-18-41)35-27-33(42-51-39(4,5)6)31-25-28(14-10-12-20-44)30(15-11-13-21-45)36-32-26-29(47-22-8-2)16-17-34(32)50-40(35,37(31)36)49-23-9-3/h8-9,16-17,25-26,28,30,35-37,44-45H,2-3,7,10-15,18-24,27H2,1,4-6H3/t28-,30+,35-,36+,37+,40+/m0/s1. The Hall–Kier alpha value is -3.05. The molecule has 0 saturated heterocycles. The van der Waals surface area contributed by atoms with Crippen molar-refractivity contribution in [1.82, 2.24) is 4.90 Å². The summed E-state index contributed by atoms with van der Waals surface area (Å²) in [5.74, 6) is -0.122. The molecule has 51 heavy (non-hydrogen) atoms. The lowest BCUT2D eigenvalue weighted by Crippen LogP contribution is -2.70. The van der Waals surface area contributed by atoms with Crippen LogP contribution in [0.4, 0.5) is 4.79 Å². The number of hydrogen-bond donors (Lipinski definition) is 2. The Morgan fingerprint density at radius 1 is 1.12 bits per heavy atom. The Labute approximate surface area is 309 Å². The van der Waals surface area contributed by atoms with Crippen LogP contribution in [0.1, 0.15) is 90.5 Å². The molecule has 0 unspecified atom stereocenters. The summed E-state index contributed by atoms with van der Waals surface area (Å²) < 4.78 is 25.9. The van der Waals surface area contributed by atoms with Gasteiger partial charge in [0, 0.05) is 37.7 Å². The third-order valence-corrected chi connectivity index (χ3v) is 9.97. The minimum absolute atomic E-state index is 0.0682. The molecule has 2 N–H and O–H groups in total. The van der Waals surface area contributed by atoms with Gasteiger partial charge in [-0.05, 0) is 88.5 Å². The number of unbranched alkanes of at least 4 members (excludes halogenated alkanes) is 2. The highest BCUT2D eigenvalue weighted by Gasteiger charge is 2.65. The van der Waals surface area contributed by atoms with E-state index >= 15 is 0 Å². The second-order valence-corrected chi connectivity index (χ2v) is 15.0. The minimum Gasteiger partial charge on any atom is -0.490 e. The molecular weight excluding hydrogens is 672 g/mol. The van der Waals surface area contributed by atoms with Gasteiger partial charge in [-0.2, -0.15) is 0 Å². The predicted molar refractivity (Wildman–Crippen MR) is 201 cm³/mol. The number of carbonyl (C=O) groups is 1. The third kappa shape index (κ3) is 9.69. The van der Waals surface area contributed by atoms with E-state index in [9.17, 15) is 15.0 Å². The van der Waals surface area contributed by atoms with Gasteiger partial charge in [-0.15, -0.1) is 18.2 Å². The van der Waals surface area contributed by atoms with Crippen LogP contribution in [0.25, 0.3) is 0 Å². The summed E-state index contributed by atoms with van der Waals surface area (Å²) in [6, 6.07) is 5.24. The third-order valence-electron chi connectivity index (χ3n) is 9.82. The van der Waals surface area contributed by atoms with E-state index in [1.807, 2.05) is 39.8 Å². The summed E-state index contributed by atoms with van der Waals surface area (Å²) in [6.07, 6.45) is 11.0. The van der Waals surface area contributed by atoms with Crippen LogP contribution < -0.4 is 9.47 Å². The average molecular weight is 731 g/mol. The maximum atomic E-state index is 13.9. The minimum atomic E-state index is -1.34. The molecule has 0 aromatic heterocycles. The molecule has 1 aliphatic heterocycles. The molecule has 0 spiro atoms. The zero-order valence-electron chi connectivity index (χ0n) is 31.0. The molecule has 2 aliphatic carbocycles. The van der Waals surface area contributed by atoms with Crippen molar-refractivity contribution in [2.75, 3.05) is 45.5 Å². The highest BCUT2D eigenvalue weighted by Crippen LogP contribution is 2.62. The second kappa shape index (κ2) is 19.1. The first-order valence-electron chi connectivity index (χ1n) is 18.6. The molecule has 284 valence electrons.